The van der Waals surface area contributed by atoms with E-state index in [0.29, 0.717) is 11.2 Å². The van der Waals surface area contributed by atoms with E-state index in [4.69, 9.17) is 10.8 Å². The molecule has 66 valence electrons. The van der Waals surface area contributed by atoms with Gasteiger partial charge in [0.2, 0.25) is 0 Å². The topological polar surface area (TPSA) is 87.8 Å². The normalized spacial score (nSPS) is 10.5. The van der Waals surface area contributed by atoms with Gasteiger partial charge in [0.15, 0.2) is 11.5 Å². The van der Waals surface area contributed by atoms with Crippen LogP contribution in [0.1, 0.15) is 5.69 Å². The van der Waals surface area contributed by atoms with Crippen LogP contribution in [0, 0.1) is 0 Å². The summed E-state index contributed by atoms with van der Waals surface area (Å²) in [6, 6.07) is 1.74. The van der Waals surface area contributed by atoms with Gasteiger partial charge in [-0.3, -0.25) is 0 Å². The van der Waals surface area contributed by atoms with Crippen molar-refractivity contribution in [2.24, 2.45) is 0 Å². The number of aromatic amines is 1. The van der Waals surface area contributed by atoms with Gasteiger partial charge in [0.25, 0.3) is 0 Å². The molecule has 0 saturated carbocycles. The number of anilines is 1. The van der Waals surface area contributed by atoms with Gasteiger partial charge >= 0.3 is 0 Å². The predicted molar refractivity (Wildman–Crippen MR) is 50.0 cm³/mol. The average Bonchev–Trinajstić information content (AvgIpc) is 2.48. The van der Waals surface area contributed by atoms with E-state index in [1.54, 1.807) is 12.3 Å². The largest absolute Gasteiger partial charge is 0.506 e. The summed E-state index contributed by atoms with van der Waals surface area (Å²) in [5.74, 6) is -0.00412. The van der Waals surface area contributed by atoms with E-state index in [1.807, 2.05) is 0 Å². The molecule has 2 rings (SSSR count). The Hall–Kier alpha value is -2.04. The Kier molecular flexibility index (Phi) is 1.45. The molecular formula is C8H8N4O. The molecule has 0 atom stereocenters. The van der Waals surface area contributed by atoms with Crippen LogP contribution in [-0.4, -0.2) is 20.1 Å². The van der Waals surface area contributed by atoms with Crippen molar-refractivity contribution < 1.29 is 5.11 Å². The van der Waals surface area contributed by atoms with Gasteiger partial charge in [-0.2, -0.15) is 0 Å². The lowest BCUT2D eigenvalue weighted by Gasteiger charge is -2.00. The minimum absolute atomic E-state index is 0.169. The van der Waals surface area contributed by atoms with E-state index >= 15 is 0 Å². The molecule has 2 aromatic rings. The second kappa shape index (κ2) is 2.48. The molecule has 0 unspecified atom stereocenters. The first-order chi connectivity index (χ1) is 6.18. The minimum atomic E-state index is -0.173. The maximum absolute atomic E-state index is 9.11. The summed E-state index contributed by atoms with van der Waals surface area (Å²) in [5, 5.41) is 9.11. The molecule has 0 radical (unpaired) electrons. The number of aliphatic hydroxyl groups is 1. The number of hydrogen-bond donors (Lipinski definition) is 3. The van der Waals surface area contributed by atoms with Crippen molar-refractivity contribution in [1.82, 2.24) is 15.0 Å². The predicted octanol–water partition coefficient (Wildman–Crippen LogP) is 1.07. The maximum Gasteiger partial charge on any atom is 0.158 e. The summed E-state index contributed by atoms with van der Waals surface area (Å²) in [5.41, 5.74) is 7.01. The standard InChI is InChI=1S/C8H8N4O/c1-4(13)6-7(9)12-8-5(11-6)2-3-10-8/h2-3,13H,1H2,(H3,9,10,12). The smallest absolute Gasteiger partial charge is 0.158 e. The molecule has 5 heteroatoms. The van der Waals surface area contributed by atoms with Crippen molar-refractivity contribution >= 4 is 22.7 Å². The molecule has 0 aliphatic carbocycles. The van der Waals surface area contributed by atoms with Crippen LogP contribution in [0.25, 0.3) is 16.9 Å². The lowest BCUT2D eigenvalue weighted by Crippen LogP contribution is -2.00. The fraction of sp³-hybridized carbons (Fsp3) is 0. The van der Waals surface area contributed by atoms with Gasteiger partial charge in [0.05, 0.1) is 0 Å². The van der Waals surface area contributed by atoms with Crippen LogP contribution in [0.5, 0.6) is 0 Å². The zero-order chi connectivity index (χ0) is 9.42. The summed E-state index contributed by atoms with van der Waals surface area (Å²) in [7, 11) is 0. The van der Waals surface area contributed by atoms with E-state index in [2.05, 4.69) is 21.5 Å². The highest BCUT2D eigenvalue weighted by Gasteiger charge is 2.08. The van der Waals surface area contributed by atoms with Crippen LogP contribution >= 0.6 is 0 Å². The number of nitrogens with zero attached hydrogens (tertiary/aromatic N) is 2. The Morgan fingerprint density at radius 2 is 2.31 bits per heavy atom. The number of nitrogen functional groups attached to an aromatic ring is 1. The highest BCUT2D eigenvalue weighted by Crippen LogP contribution is 2.17. The quantitative estimate of drug-likeness (QED) is 0.567. The third-order valence-corrected chi connectivity index (χ3v) is 1.68. The average molecular weight is 176 g/mol. The van der Waals surface area contributed by atoms with Gasteiger partial charge in [-0.05, 0) is 6.07 Å². The van der Waals surface area contributed by atoms with Crippen molar-refractivity contribution in [3.63, 3.8) is 0 Å². The molecule has 0 amide bonds. The van der Waals surface area contributed by atoms with E-state index in [9.17, 15) is 0 Å². The number of fused-ring (bicyclic) bond motifs is 1. The molecule has 2 heterocycles. The molecule has 13 heavy (non-hydrogen) atoms. The number of nitrogens with one attached hydrogen (secondary N) is 1. The van der Waals surface area contributed by atoms with Gasteiger partial charge < -0.3 is 15.8 Å². The number of aromatic nitrogens is 3. The van der Waals surface area contributed by atoms with Crippen LogP contribution in [0.3, 0.4) is 0 Å². The first-order valence-corrected chi connectivity index (χ1v) is 3.67. The Morgan fingerprint density at radius 1 is 1.54 bits per heavy atom. The monoisotopic (exact) mass is 176 g/mol. The molecule has 4 N–H and O–H groups in total. The number of H-pyrrole nitrogens is 1. The first kappa shape index (κ1) is 7.60. The van der Waals surface area contributed by atoms with Crippen molar-refractivity contribution in [3.05, 3.63) is 24.5 Å². The fourth-order valence-corrected chi connectivity index (χ4v) is 1.10. The third kappa shape index (κ3) is 1.10. The zero-order valence-electron chi connectivity index (χ0n) is 6.78. The first-order valence-electron chi connectivity index (χ1n) is 3.67. The second-order valence-corrected chi connectivity index (χ2v) is 2.62. The van der Waals surface area contributed by atoms with Crippen molar-refractivity contribution in [3.8, 4) is 0 Å². The highest BCUT2D eigenvalue weighted by atomic mass is 16.3. The summed E-state index contributed by atoms with van der Waals surface area (Å²) < 4.78 is 0. The minimum Gasteiger partial charge on any atom is -0.506 e. The summed E-state index contributed by atoms with van der Waals surface area (Å²) in [4.78, 5) is 10.9. The van der Waals surface area contributed by atoms with Gasteiger partial charge in [0.1, 0.15) is 17.0 Å². The fourth-order valence-electron chi connectivity index (χ4n) is 1.10. The van der Waals surface area contributed by atoms with Gasteiger partial charge in [-0.1, -0.05) is 6.58 Å². The van der Waals surface area contributed by atoms with Crippen molar-refractivity contribution in [2.45, 2.75) is 0 Å². The number of nitrogens with two attached hydrogens (primary N) is 1. The van der Waals surface area contributed by atoms with E-state index in [-0.39, 0.29) is 17.3 Å². The second-order valence-electron chi connectivity index (χ2n) is 2.62. The maximum atomic E-state index is 9.11. The molecule has 0 fully saturated rings. The van der Waals surface area contributed by atoms with Crippen molar-refractivity contribution in [2.75, 3.05) is 5.73 Å². The zero-order valence-corrected chi connectivity index (χ0v) is 6.78. The molecule has 0 aromatic carbocycles. The number of rotatable bonds is 1. The molecule has 5 nitrogen and oxygen atoms in total. The van der Waals surface area contributed by atoms with Gasteiger partial charge in [-0.25, -0.2) is 9.97 Å². The van der Waals surface area contributed by atoms with Crippen LogP contribution in [0.15, 0.2) is 18.8 Å². The Labute approximate surface area is 73.9 Å². The Bertz CT molecular complexity index is 474. The lowest BCUT2D eigenvalue weighted by atomic mass is 10.3. The Morgan fingerprint density at radius 3 is 3.00 bits per heavy atom. The van der Waals surface area contributed by atoms with Crippen LogP contribution in [0.4, 0.5) is 5.82 Å². The van der Waals surface area contributed by atoms with E-state index in [0.717, 1.165) is 0 Å². The summed E-state index contributed by atoms with van der Waals surface area (Å²) in [6.45, 7) is 3.34. The molecule has 0 spiro atoms. The summed E-state index contributed by atoms with van der Waals surface area (Å²) in [6.07, 6.45) is 1.70. The van der Waals surface area contributed by atoms with Crippen LogP contribution < -0.4 is 5.73 Å². The van der Waals surface area contributed by atoms with Crippen molar-refractivity contribution in [1.29, 1.82) is 0 Å². The molecule has 0 aliphatic heterocycles. The molecule has 2 aromatic heterocycles. The molecule has 0 aliphatic rings. The number of hydrogen-bond acceptors (Lipinski definition) is 4. The summed E-state index contributed by atoms with van der Waals surface area (Å²) >= 11 is 0. The van der Waals surface area contributed by atoms with Crippen LogP contribution in [0.2, 0.25) is 0 Å². The molecule has 0 bridgehead atoms. The molecule has 0 saturated heterocycles. The SMILES string of the molecule is C=C(O)c1nc2cc[nH]c2nc1N. The molecular weight excluding hydrogens is 168 g/mol. The van der Waals surface area contributed by atoms with Gasteiger partial charge in [-0.15, -0.1) is 0 Å². The van der Waals surface area contributed by atoms with Crippen LogP contribution in [-0.2, 0) is 0 Å². The Balaban J connectivity index is 2.76. The van der Waals surface area contributed by atoms with Gasteiger partial charge in [0, 0.05) is 6.20 Å². The van der Waals surface area contributed by atoms with E-state index < -0.39 is 0 Å². The highest BCUT2D eigenvalue weighted by molar-refractivity contribution is 5.76. The number of aliphatic hydroxyl groups excluding tert-OH is 1. The lowest BCUT2D eigenvalue weighted by molar-refractivity contribution is 0.511. The third-order valence-electron chi connectivity index (χ3n) is 1.68. The van der Waals surface area contributed by atoms with E-state index in [1.165, 1.54) is 0 Å².